The van der Waals surface area contributed by atoms with Crippen LogP contribution in [0.5, 0.6) is 5.75 Å². The highest BCUT2D eigenvalue weighted by Gasteiger charge is 2.19. The Balaban J connectivity index is 2.13. The van der Waals surface area contributed by atoms with Crippen molar-refractivity contribution in [2.24, 2.45) is 0 Å². The Labute approximate surface area is 91.6 Å². The zero-order valence-corrected chi connectivity index (χ0v) is 9.49. The third-order valence-corrected chi connectivity index (χ3v) is 3.19. The van der Waals surface area contributed by atoms with Gasteiger partial charge in [0.15, 0.2) is 0 Å². The maximum atomic E-state index is 5.26. The first kappa shape index (κ1) is 10.5. The van der Waals surface area contributed by atoms with E-state index in [0.29, 0.717) is 12.0 Å². The normalized spacial score (nSPS) is 26.3. The van der Waals surface area contributed by atoms with E-state index in [1.807, 2.05) is 6.07 Å². The quantitative estimate of drug-likeness (QED) is 0.801. The van der Waals surface area contributed by atoms with Crippen molar-refractivity contribution in [3.05, 3.63) is 29.8 Å². The van der Waals surface area contributed by atoms with Crippen LogP contribution in [0.1, 0.15) is 31.2 Å². The lowest BCUT2D eigenvalue weighted by atomic mass is 9.87. The molecule has 0 aromatic heterocycles. The van der Waals surface area contributed by atoms with Crippen molar-refractivity contribution in [3.8, 4) is 5.75 Å². The molecule has 2 unspecified atom stereocenters. The Morgan fingerprint density at radius 2 is 2.27 bits per heavy atom. The number of methoxy groups -OCH3 is 1. The van der Waals surface area contributed by atoms with Crippen LogP contribution in [0, 0.1) is 0 Å². The number of rotatable bonds is 2. The van der Waals surface area contributed by atoms with Gasteiger partial charge in [-0.15, -0.1) is 0 Å². The number of nitrogens with one attached hydrogen (secondary N) is 1. The zero-order valence-electron chi connectivity index (χ0n) is 9.49. The molecular formula is C13H19NO. The monoisotopic (exact) mass is 205 g/mol. The van der Waals surface area contributed by atoms with Crippen LogP contribution in [0.25, 0.3) is 0 Å². The molecule has 2 rings (SSSR count). The van der Waals surface area contributed by atoms with Crippen molar-refractivity contribution in [1.82, 2.24) is 5.32 Å². The molecule has 1 saturated heterocycles. The summed E-state index contributed by atoms with van der Waals surface area (Å²) in [4.78, 5) is 0. The first-order chi connectivity index (χ1) is 7.29. The molecule has 2 atom stereocenters. The highest BCUT2D eigenvalue weighted by atomic mass is 16.5. The summed E-state index contributed by atoms with van der Waals surface area (Å²) in [6, 6.07) is 9.11. The lowest BCUT2D eigenvalue weighted by molar-refractivity contribution is 0.378. The number of piperidine rings is 1. The maximum absolute atomic E-state index is 5.26. The first-order valence-corrected chi connectivity index (χ1v) is 5.67. The van der Waals surface area contributed by atoms with Crippen molar-refractivity contribution in [1.29, 1.82) is 0 Å². The highest BCUT2D eigenvalue weighted by molar-refractivity contribution is 5.31. The molecular weight excluding hydrogens is 186 g/mol. The van der Waals surface area contributed by atoms with Gasteiger partial charge < -0.3 is 10.1 Å². The number of ether oxygens (including phenoxy) is 1. The van der Waals surface area contributed by atoms with Crippen LogP contribution in [0.3, 0.4) is 0 Å². The summed E-state index contributed by atoms with van der Waals surface area (Å²) < 4.78 is 5.26. The molecule has 1 N–H and O–H groups in total. The number of benzene rings is 1. The minimum Gasteiger partial charge on any atom is -0.497 e. The van der Waals surface area contributed by atoms with E-state index in [4.69, 9.17) is 4.74 Å². The largest absolute Gasteiger partial charge is 0.497 e. The van der Waals surface area contributed by atoms with E-state index in [1.165, 1.54) is 18.4 Å². The number of hydrogen-bond donors (Lipinski definition) is 1. The molecule has 15 heavy (non-hydrogen) atoms. The lowest BCUT2D eigenvalue weighted by Gasteiger charge is -2.28. The van der Waals surface area contributed by atoms with Crippen molar-refractivity contribution in [2.45, 2.75) is 31.7 Å². The Hall–Kier alpha value is -1.02. The van der Waals surface area contributed by atoms with Gasteiger partial charge in [0.1, 0.15) is 5.75 Å². The van der Waals surface area contributed by atoms with Gasteiger partial charge in [0.2, 0.25) is 0 Å². The molecule has 1 aromatic rings. The smallest absolute Gasteiger partial charge is 0.119 e. The van der Waals surface area contributed by atoms with E-state index in [2.05, 4.69) is 30.4 Å². The van der Waals surface area contributed by atoms with Crippen molar-refractivity contribution >= 4 is 0 Å². The van der Waals surface area contributed by atoms with Crippen molar-refractivity contribution < 1.29 is 4.74 Å². The fraction of sp³-hybridized carbons (Fsp3) is 0.538. The minimum absolute atomic E-state index is 0.634. The van der Waals surface area contributed by atoms with Crippen LogP contribution in [-0.4, -0.2) is 19.7 Å². The van der Waals surface area contributed by atoms with Crippen LogP contribution >= 0.6 is 0 Å². The second-order valence-electron chi connectivity index (χ2n) is 4.35. The minimum atomic E-state index is 0.634. The van der Waals surface area contributed by atoms with E-state index in [-0.39, 0.29) is 0 Å². The zero-order chi connectivity index (χ0) is 10.7. The molecule has 2 nitrogen and oxygen atoms in total. The van der Waals surface area contributed by atoms with Crippen LogP contribution in [-0.2, 0) is 0 Å². The molecule has 1 aliphatic heterocycles. The van der Waals surface area contributed by atoms with Gasteiger partial charge in [0, 0.05) is 6.04 Å². The van der Waals surface area contributed by atoms with Crippen molar-refractivity contribution in [2.75, 3.05) is 13.7 Å². The molecule has 1 aromatic carbocycles. The SMILES string of the molecule is COc1cccc(C2CCNC(C)C2)c1. The maximum Gasteiger partial charge on any atom is 0.119 e. The molecule has 1 heterocycles. The van der Waals surface area contributed by atoms with Crippen LogP contribution in [0.2, 0.25) is 0 Å². The van der Waals surface area contributed by atoms with Gasteiger partial charge in [-0.1, -0.05) is 12.1 Å². The average Bonchev–Trinajstić information content (AvgIpc) is 2.29. The fourth-order valence-corrected chi connectivity index (χ4v) is 2.33. The van der Waals surface area contributed by atoms with Gasteiger partial charge in [-0.2, -0.15) is 0 Å². The van der Waals surface area contributed by atoms with E-state index in [1.54, 1.807) is 7.11 Å². The van der Waals surface area contributed by atoms with Gasteiger partial charge in [-0.05, 0) is 49.9 Å². The molecule has 0 radical (unpaired) electrons. The summed E-state index contributed by atoms with van der Waals surface area (Å²) in [6.45, 7) is 3.38. The summed E-state index contributed by atoms with van der Waals surface area (Å²) in [5.74, 6) is 1.66. The third kappa shape index (κ3) is 2.51. The molecule has 0 saturated carbocycles. The Kier molecular flexibility index (Phi) is 3.27. The average molecular weight is 205 g/mol. The molecule has 0 spiro atoms. The van der Waals surface area contributed by atoms with E-state index in [9.17, 15) is 0 Å². The van der Waals surface area contributed by atoms with Gasteiger partial charge in [-0.3, -0.25) is 0 Å². The fourth-order valence-electron chi connectivity index (χ4n) is 2.33. The second-order valence-corrected chi connectivity index (χ2v) is 4.35. The van der Waals surface area contributed by atoms with Crippen molar-refractivity contribution in [3.63, 3.8) is 0 Å². The molecule has 0 amide bonds. The molecule has 2 heteroatoms. The topological polar surface area (TPSA) is 21.3 Å². The lowest BCUT2D eigenvalue weighted by Crippen LogP contribution is -2.34. The van der Waals surface area contributed by atoms with Crippen LogP contribution < -0.4 is 10.1 Å². The summed E-state index contributed by atoms with van der Waals surface area (Å²) in [6.07, 6.45) is 2.46. The van der Waals surface area contributed by atoms with Gasteiger partial charge in [-0.25, -0.2) is 0 Å². The summed E-state index contributed by atoms with van der Waals surface area (Å²) >= 11 is 0. The molecule has 1 aliphatic rings. The summed E-state index contributed by atoms with van der Waals surface area (Å²) in [5, 5.41) is 3.48. The third-order valence-electron chi connectivity index (χ3n) is 3.19. The Morgan fingerprint density at radius 1 is 1.40 bits per heavy atom. The van der Waals surface area contributed by atoms with E-state index < -0.39 is 0 Å². The van der Waals surface area contributed by atoms with E-state index >= 15 is 0 Å². The molecule has 0 bridgehead atoms. The standard InChI is InChI=1S/C13H19NO/c1-10-8-12(6-7-14-10)11-4-3-5-13(9-11)15-2/h3-5,9-10,12,14H,6-8H2,1-2H3. The summed E-state index contributed by atoms with van der Waals surface area (Å²) in [7, 11) is 1.73. The van der Waals surface area contributed by atoms with Gasteiger partial charge in [0.05, 0.1) is 7.11 Å². The van der Waals surface area contributed by atoms with Gasteiger partial charge >= 0.3 is 0 Å². The second kappa shape index (κ2) is 4.67. The predicted molar refractivity (Wildman–Crippen MR) is 62.4 cm³/mol. The van der Waals surface area contributed by atoms with Crippen LogP contribution in [0.15, 0.2) is 24.3 Å². The summed E-state index contributed by atoms with van der Waals surface area (Å²) in [5.41, 5.74) is 1.42. The Bertz CT molecular complexity index is 324. The number of hydrogen-bond acceptors (Lipinski definition) is 2. The van der Waals surface area contributed by atoms with Gasteiger partial charge in [0.25, 0.3) is 0 Å². The Morgan fingerprint density at radius 3 is 3.00 bits per heavy atom. The predicted octanol–water partition coefficient (Wildman–Crippen LogP) is 2.55. The highest BCUT2D eigenvalue weighted by Crippen LogP contribution is 2.29. The van der Waals surface area contributed by atoms with E-state index in [0.717, 1.165) is 12.3 Å². The molecule has 1 fully saturated rings. The molecule has 82 valence electrons. The first-order valence-electron chi connectivity index (χ1n) is 5.67. The molecule has 0 aliphatic carbocycles. The van der Waals surface area contributed by atoms with Crippen LogP contribution in [0.4, 0.5) is 0 Å².